The maximum absolute atomic E-state index is 12.7. The van der Waals surface area contributed by atoms with Crippen LogP contribution in [0.2, 0.25) is 0 Å². The van der Waals surface area contributed by atoms with Crippen LogP contribution in [0.15, 0.2) is 34.0 Å². The first-order valence-corrected chi connectivity index (χ1v) is 13.9. The quantitative estimate of drug-likeness (QED) is 0.239. The molecule has 4 heterocycles. The second kappa shape index (κ2) is 9.78. The fraction of sp³-hybridized carbons (Fsp3) is 0.462. The third-order valence-electron chi connectivity index (χ3n) is 7.70. The highest BCUT2D eigenvalue weighted by Crippen LogP contribution is 2.42. The summed E-state index contributed by atoms with van der Waals surface area (Å²) in [6.07, 6.45) is 15.2. The topological polar surface area (TPSA) is 117 Å². The van der Waals surface area contributed by atoms with Crippen molar-refractivity contribution in [3.63, 3.8) is 0 Å². The van der Waals surface area contributed by atoms with Gasteiger partial charge in [0.25, 0.3) is 0 Å². The molecule has 10 heteroatoms. The maximum Gasteiger partial charge on any atom is 0.172 e. The summed E-state index contributed by atoms with van der Waals surface area (Å²) in [6.45, 7) is 4.12. The van der Waals surface area contributed by atoms with E-state index in [9.17, 15) is 9.59 Å². The Kier molecular flexibility index (Phi) is 6.84. The van der Waals surface area contributed by atoms with Crippen molar-refractivity contribution >= 4 is 65.8 Å². The lowest BCUT2D eigenvalue weighted by atomic mass is 9.81. The molecule has 4 aromatic heterocycles. The van der Waals surface area contributed by atoms with E-state index in [1.807, 2.05) is 0 Å². The zero-order valence-electron chi connectivity index (χ0n) is 20.3. The summed E-state index contributed by atoms with van der Waals surface area (Å²) >= 11 is 6.60. The van der Waals surface area contributed by atoms with Crippen LogP contribution in [0.1, 0.15) is 85.9 Å². The highest BCUT2D eigenvalue weighted by Gasteiger charge is 2.39. The number of nitrogens with zero attached hydrogens (tertiary/aromatic N) is 4. The van der Waals surface area contributed by atoms with Crippen LogP contribution in [0.3, 0.4) is 0 Å². The molecule has 2 aliphatic rings. The summed E-state index contributed by atoms with van der Waals surface area (Å²) in [5.41, 5.74) is 3.57. The molecule has 0 saturated heterocycles. The van der Waals surface area contributed by atoms with Crippen molar-refractivity contribution in [2.45, 2.75) is 65.2 Å². The number of Topliss-reactive ketones (excluding diaryl/α,β-unsaturated/α-hetero) is 2. The molecule has 0 aromatic carbocycles. The summed E-state index contributed by atoms with van der Waals surface area (Å²) in [6, 6.07) is 0. The van der Waals surface area contributed by atoms with Crippen molar-refractivity contribution in [2.75, 3.05) is 0 Å². The van der Waals surface area contributed by atoms with Crippen molar-refractivity contribution in [1.82, 2.24) is 29.9 Å². The second-order valence-electron chi connectivity index (χ2n) is 10.4. The van der Waals surface area contributed by atoms with Gasteiger partial charge in [-0.15, -0.1) is 0 Å². The molecule has 36 heavy (non-hydrogen) atoms. The Morgan fingerprint density at radius 3 is 1.44 bits per heavy atom. The van der Waals surface area contributed by atoms with Gasteiger partial charge in [-0.3, -0.25) is 9.59 Å². The summed E-state index contributed by atoms with van der Waals surface area (Å²) in [5, 5.41) is 0. The smallest absolute Gasteiger partial charge is 0.172 e. The number of hydrogen-bond donors (Lipinski definition) is 2. The third kappa shape index (κ3) is 4.65. The van der Waals surface area contributed by atoms with E-state index < -0.39 is 0 Å². The lowest BCUT2D eigenvalue weighted by molar-refractivity contribution is 0.0819. The number of aromatic amines is 2. The fourth-order valence-electron chi connectivity index (χ4n) is 5.50. The number of aromatic nitrogens is 6. The van der Waals surface area contributed by atoms with E-state index in [2.05, 4.69) is 75.6 Å². The normalized spacial score (nSPS) is 18.3. The SMILES string of the molecule is CC1(C(=O)c2c[nH]c3ncc(Br)nc23)CCCC1.CC1(C(=O)c2c[nH]c3ncc(Br)nc23)CCCC1. The standard InChI is InChI=1S/2C13H14BrN3O/c2*1-13(4-2-3-5-13)11(18)8-6-15-12-10(8)17-9(14)7-16-12/h2*6-7H,2-5H2,1H3,(H,15,16). The van der Waals surface area contributed by atoms with Crippen LogP contribution in [0.25, 0.3) is 22.3 Å². The predicted octanol–water partition coefficient (Wildman–Crippen LogP) is 6.97. The number of rotatable bonds is 4. The largest absolute Gasteiger partial charge is 0.344 e. The van der Waals surface area contributed by atoms with Gasteiger partial charge in [-0.05, 0) is 57.5 Å². The van der Waals surface area contributed by atoms with Gasteiger partial charge < -0.3 is 9.97 Å². The zero-order chi connectivity index (χ0) is 25.5. The van der Waals surface area contributed by atoms with Crippen LogP contribution in [0.4, 0.5) is 0 Å². The molecule has 2 saturated carbocycles. The molecule has 0 bridgehead atoms. The molecule has 0 spiro atoms. The Hall–Kier alpha value is -2.46. The molecular formula is C26H28Br2N6O2. The Morgan fingerprint density at radius 2 is 1.08 bits per heavy atom. The number of hydrogen-bond acceptors (Lipinski definition) is 6. The molecule has 0 unspecified atom stereocenters. The van der Waals surface area contributed by atoms with Gasteiger partial charge in [0.15, 0.2) is 22.9 Å². The Labute approximate surface area is 225 Å². The first-order valence-electron chi connectivity index (χ1n) is 12.3. The first-order chi connectivity index (χ1) is 17.2. The van der Waals surface area contributed by atoms with E-state index >= 15 is 0 Å². The van der Waals surface area contributed by atoms with Gasteiger partial charge in [0.05, 0.1) is 23.5 Å². The van der Waals surface area contributed by atoms with Gasteiger partial charge >= 0.3 is 0 Å². The van der Waals surface area contributed by atoms with Gasteiger partial charge in [-0.1, -0.05) is 39.5 Å². The molecule has 0 radical (unpaired) electrons. The third-order valence-corrected chi connectivity index (χ3v) is 8.47. The minimum atomic E-state index is -0.223. The summed E-state index contributed by atoms with van der Waals surface area (Å²) < 4.78 is 1.31. The highest BCUT2D eigenvalue weighted by molar-refractivity contribution is 9.10. The van der Waals surface area contributed by atoms with Crippen LogP contribution < -0.4 is 0 Å². The number of carbonyl (C=O) groups excluding carboxylic acids is 2. The van der Waals surface area contributed by atoms with Gasteiger partial charge in [0.1, 0.15) is 20.2 Å². The number of carbonyl (C=O) groups is 2. The van der Waals surface area contributed by atoms with Crippen molar-refractivity contribution in [3.05, 3.63) is 45.1 Å². The van der Waals surface area contributed by atoms with Gasteiger partial charge in [0, 0.05) is 23.2 Å². The summed E-state index contributed by atoms with van der Waals surface area (Å²) in [4.78, 5) is 48.5. The summed E-state index contributed by atoms with van der Waals surface area (Å²) in [7, 11) is 0. The second-order valence-corrected chi connectivity index (χ2v) is 12.0. The molecule has 188 valence electrons. The van der Waals surface area contributed by atoms with Gasteiger partial charge in [-0.25, -0.2) is 19.9 Å². The molecule has 6 rings (SSSR count). The lowest BCUT2D eigenvalue weighted by Crippen LogP contribution is -2.24. The average Bonchev–Trinajstić information content (AvgIpc) is 3.65. The molecule has 8 nitrogen and oxygen atoms in total. The van der Waals surface area contributed by atoms with Crippen LogP contribution in [-0.4, -0.2) is 41.5 Å². The van der Waals surface area contributed by atoms with E-state index in [1.165, 1.54) is 0 Å². The van der Waals surface area contributed by atoms with E-state index in [0.29, 0.717) is 42.7 Å². The van der Waals surface area contributed by atoms with Crippen LogP contribution in [0, 0.1) is 10.8 Å². The Morgan fingerprint density at radius 1 is 0.722 bits per heavy atom. The van der Waals surface area contributed by atoms with E-state index in [4.69, 9.17) is 0 Å². The van der Waals surface area contributed by atoms with Crippen molar-refractivity contribution in [3.8, 4) is 0 Å². The number of nitrogens with one attached hydrogen (secondary N) is 2. The minimum absolute atomic E-state index is 0.193. The highest BCUT2D eigenvalue weighted by atomic mass is 79.9. The fourth-order valence-corrected chi connectivity index (χ4v) is 6.06. The lowest BCUT2D eigenvalue weighted by Gasteiger charge is -2.20. The van der Waals surface area contributed by atoms with E-state index in [-0.39, 0.29) is 22.4 Å². The van der Waals surface area contributed by atoms with Crippen molar-refractivity contribution in [2.24, 2.45) is 10.8 Å². The van der Waals surface area contributed by atoms with Crippen LogP contribution >= 0.6 is 31.9 Å². The monoisotopic (exact) mass is 614 g/mol. The van der Waals surface area contributed by atoms with Crippen LogP contribution in [0.5, 0.6) is 0 Å². The first kappa shape index (κ1) is 25.2. The predicted molar refractivity (Wildman–Crippen MR) is 145 cm³/mol. The Bertz CT molecular complexity index is 1340. The number of H-pyrrole nitrogens is 2. The van der Waals surface area contributed by atoms with Gasteiger partial charge in [-0.2, -0.15) is 0 Å². The molecule has 0 aliphatic heterocycles. The molecule has 2 N–H and O–H groups in total. The van der Waals surface area contributed by atoms with Crippen LogP contribution in [-0.2, 0) is 0 Å². The maximum atomic E-state index is 12.7. The number of fused-ring (bicyclic) bond motifs is 2. The van der Waals surface area contributed by atoms with E-state index in [0.717, 1.165) is 51.4 Å². The Balaban J connectivity index is 0.000000148. The molecule has 0 amide bonds. The average molecular weight is 616 g/mol. The summed E-state index contributed by atoms with van der Waals surface area (Å²) in [5.74, 6) is 0.386. The molecule has 2 aliphatic carbocycles. The number of ketones is 2. The van der Waals surface area contributed by atoms with E-state index in [1.54, 1.807) is 24.8 Å². The van der Waals surface area contributed by atoms with Gasteiger partial charge in [0.2, 0.25) is 0 Å². The van der Waals surface area contributed by atoms with Crippen molar-refractivity contribution in [1.29, 1.82) is 0 Å². The van der Waals surface area contributed by atoms with Crippen molar-refractivity contribution < 1.29 is 9.59 Å². The molecule has 4 aromatic rings. The zero-order valence-corrected chi connectivity index (χ0v) is 23.5. The minimum Gasteiger partial charge on any atom is -0.344 e. The molecular weight excluding hydrogens is 588 g/mol. The molecule has 0 atom stereocenters. The molecule has 2 fully saturated rings. The number of halogens is 2.